The number of nitro groups is 1. The molecule has 0 spiro atoms. The minimum atomic E-state index is -0.504. The van der Waals surface area contributed by atoms with Crippen molar-refractivity contribution in [3.63, 3.8) is 0 Å². The van der Waals surface area contributed by atoms with Gasteiger partial charge in [0.1, 0.15) is 6.33 Å². The second kappa shape index (κ2) is 7.73. The van der Waals surface area contributed by atoms with Gasteiger partial charge in [0.2, 0.25) is 11.6 Å². The van der Waals surface area contributed by atoms with Crippen molar-refractivity contribution in [2.24, 2.45) is 0 Å². The lowest BCUT2D eigenvalue weighted by Crippen LogP contribution is -2.06. The molecule has 4 rings (SSSR count). The number of fused-ring (bicyclic) bond motifs is 1. The Morgan fingerprint density at radius 1 is 0.897 bits per heavy atom. The molecule has 0 saturated heterocycles. The summed E-state index contributed by atoms with van der Waals surface area (Å²) < 4.78 is 0. The van der Waals surface area contributed by atoms with Gasteiger partial charge in [-0.05, 0) is 36.1 Å². The normalized spacial score (nSPS) is 10.7. The minimum absolute atomic E-state index is 0.0816. The van der Waals surface area contributed by atoms with Gasteiger partial charge in [-0.15, -0.1) is 0 Å². The van der Waals surface area contributed by atoms with Gasteiger partial charge >= 0.3 is 5.69 Å². The fraction of sp³-hybridized carbons (Fsp3) is 0.0476. The first kappa shape index (κ1) is 18.6. The number of aromatic nitrogens is 2. The minimum Gasteiger partial charge on any atom is -0.334 e. The molecule has 3 aromatic carbocycles. The Morgan fingerprint density at radius 2 is 1.52 bits per heavy atom. The van der Waals surface area contributed by atoms with Crippen LogP contribution in [-0.4, -0.2) is 14.9 Å². The third kappa shape index (κ3) is 3.68. The highest BCUT2D eigenvalue weighted by Gasteiger charge is 2.24. The molecule has 0 aliphatic carbocycles. The van der Waals surface area contributed by atoms with E-state index < -0.39 is 4.92 Å². The number of halogens is 1. The summed E-state index contributed by atoms with van der Waals surface area (Å²) in [5, 5.41) is 20.5. The maximum Gasteiger partial charge on any atom is 0.353 e. The van der Waals surface area contributed by atoms with Gasteiger partial charge in [0.15, 0.2) is 0 Å². The SMILES string of the molecule is Cc1c(Cl)cccc1Nc1ncnc(Nc2cccc3ccccc23)c1[N+](=O)[O-]. The van der Waals surface area contributed by atoms with Crippen molar-refractivity contribution in [2.45, 2.75) is 6.92 Å². The molecule has 4 aromatic rings. The van der Waals surface area contributed by atoms with Gasteiger partial charge in [0.05, 0.1) is 4.92 Å². The van der Waals surface area contributed by atoms with E-state index in [9.17, 15) is 10.1 Å². The van der Waals surface area contributed by atoms with Crippen LogP contribution in [0.3, 0.4) is 0 Å². The molecule has 0 radical (unpaired) electrons. The summed E-state index contributed by atoms with van der Waals surface area (Å²) in [6.45, 7) is 1.83. The number of anilines is 4. The summed E-state index contributed by atoms with van der Waals surface area (Å²) in [5.74, 6) is 0.182. The zero-order chi connectivity index (χ0) is 20.4. The molecule has 0 unspecified atom stereocenters. The summed E-state index contributed by atoms with van der Waals surface area (Å²) in [5.41, 5.74) is 1.87. The van der Waals surface area contributed by atoms with Crippen LogP contribution in [0.25, 0.3) is 10.8 Å². The van der Waals surface area contributed by atoms with Crippen molar-refractivity contribution >= 4 is 51.1 Å². The van der Waals surface area contributed by atoms with Crippen LogP contribution < -0.4 is 10.6 Å². The Bertz CT molecular complexity index is 1220. The lowest BCUT2D eigenvalue weighted by Gasteiger charge is -2.13. The molecule has 144 valence electrons. The van der Waals surface area contributed by atoms with E-state index in [1.54, 1.807) is 18.2 Å². The van der Waals surface area contributed by atoms with Crippen molar-refractivity contribution in [3.8, 4) is 0 Å². The monoisotopic (exact) mass is 405 g/mol. The van der Waals surface area contributed by atoms with Gasteiger partial charge in [0, 0.05) is 21.8 Å². The molecule has 0 aliphatic heterocycles. The topological polar surface area (TPSA) is 93.0 Å². The highest BCUT2D eigenvalue weighted by atomic mass is 35.5. The van der Waals surface area contributed by atoms with Crippen LogP contribution in [0.1, 0.15) is 5.56 Å². The average molecular weight is 406 g/mol. The van der Waals surface area contributed by atoms with E-state index in [0.29, 0.717) is 10.7 Å². The largest absolute Gasteiger partial charge is 0.353 e. The Hall–Kier alpha value is -3.71. The number of hydrogen-bond acceptors (Lipinski definition) is 6. The molecule has 8 heteroatoms. The fourth-order valence-corrected chi connectivity index (χ4v) is 3.24. The predicted octanol–water partition coefficient (Wildman–Crippen LogP) is 5.99. The number of benzene rings is 3. The zero-order valence-electron chi connectivity index (χ0n) is 15.4. The smallest absolute Gasteiger partial charge is 0.334 e. The second-order valence-corrected chi connectivity index (χ2v) is 6.77. The Labute approximate surface area is 171 Å². The van der Waals surface area contributed by atoms with Gasteiger partial charge in [0.25, 0.3) is 0 Å². The second-order valence-electron chi connectivity index (χ2n) is 6.37. The van der Waals surface area contributed by atoms with Gasteiger partial charge in [-0.3, -0.25) is 10.1 Å². The molecule has 0 amide bonds. The first-order chi connectivity index (χ1) is 14.0. The number of hydrogen-bond donors (Lipinski definition) is 2. The van der Waals surface area contributed by atoms with E-state index in [1.165, 1.54) is 6.33 Å². The highest BCUT2D eigenvalue weighted by molar-refractivity contribution is 6.31. The predicted molar refractivity (Wildman–Crippen MR) is 115 cm³/mol. The van der Waals surface area contributed by atoms with Crippen LogP contribution in [0.5, 0.6) is 0 Å². The molecule has 0 saturated carbocycles. The third-order valence-corrected chi connectivity index (χ3v) is 4.98. The van der Waals surface area contributed by atoms with Crippen LogP contribution in [0.2, 0.25) is 5.02 Å². The summed E-state index contributed by atoms with van der Waals surface area (Å²) in [6.07, 6.45) is 1.28. The Kier molecular flexibility index (Phi) is 4.97. The zero-order valence-corrected chi connectivity index (χ0v) is 16.1. The van der Waals surface area contributed by atoms with E-state index in [1.807, 2.05) is 49.4 Å². The standard InChI is InChI=1S/C21H16ClN5O2/c1-13-16(22)9-5-10-17(13)25-20-19(27(28)29)21(24-12-23-20)26-18-11-4-7-14-6-2-3-8-15(14)18/h2-12H,1H3,(H2,23,24,25,26). The molecule has 0 atom stereocenters. The molecule has 7 nitrogen and oxygen atoms in total. The Morgan fingerprint density at radius 3 is 2.28 bits per heavy atom. The molecule has 2 N–H and O–H groups in total. The summed E-state index contributed by atoms with van der Waals surface area (Å²) in [7, 11) is 0. The number of nitrogens with zero attached hydrogens (tertiary/aromatic N) is 3. The molecule has 0 bridgehead atoms. The van der Waals surface area contributed by atoms with Crippen molar-refractivity contribution in [3.05, 3.63) is 87.7 Å². The molecular weight excluding hydrogens is 390 g/mol. The van der Waals surface area contributed by atoms with Gasteiger partial charge in [-0.1, -0.05) is 54.1 Å². The third-order valence-electron chi connectivity index (χ3n) is 4.57. The van der Waals surface area contributed by atoms with Crippen molar-refractivity contribution in [2.75, 3.05) is 10.6 Å². The molecular formula is C21H16ClN5O2. The first-order valence-corrected chi connectivity index (χ1v) is 9.18. The van der Waals surface area contributed by atoms with Gasteiger partial charge < -0.3 is 10.6 Å². The quantitative estimate of drug-likeness (QED) is 0.313. The van der Waals surface area contributed by atoms with E-state index in [2.05, 4.69) is 20.6 Å². The lowest BCUT2D eigenvalue weighted by molar-refractivity contribution is -0.383. The van der Waals surface area contributed by atoms with Crippen molar-refractivity contribution in [1.82, 2.24) is 9.97 Å². The van der Waals surface area contributed by atoms with Gasteiger partial charge in [-0.25, -0.2) is 9.97 Å². The van der Waals surface area contributed by atoms with E-state index in [4.69, 9.17) is 11.6 Å². The van der Waals surface area contributed by atoms with Crippen LogP contribution in [-0.2, 0) is 0 Å². The summed E-state index contributed by atoms with van der Waals surface area (Å²) in [4.78, 5) is 19.6. The summed E-state index contributed by atoms with van der Waals surface area (Å²) in [6, 6.07) is 18.8. The van der Waals surface area contributed by atoms with Crippen LogP contribution >= 0.6 is 11.6 Å². The van der Waals surface area contributed by atoms with E-state index in [0.717, 1.165) is 22.0 Å². The number of nitrogens with one attached hydrogen (secondary N) is 2. The Balaban J connectivity index is 1.77. The molecule has 29 heavy (non-hydrogen) atoms. The maximum absolute atomic E-state index is 11.9. The lowest BCUT2D eigenvalue weighted by atomic mass is 10.1. The summed E-state index contributed by atoms with van der Waals surface area (Å²) >= 11 is 6.16. The first-order valence-electron chi connectivity index (χ1n) is 8.81. The van der Waals surface area contributed by atoms with Crippen molar-refractivity contribution < 1.29 is 4.92 Å². The van der Waals surface area contributed by atoms with Gasteiger partial charge in [-0.2, -0.15) is 0 Å². The maximum atomic E-state index is 11.9. The molecule has 0 fully saturated rings. The molecule has 1 heterocycles. The van der Waals surface area contributed by atoms with Crippen LogP contribution in [0.4, 0.5) is 28.7 Å². The van der Waals surface area contributed by atoms with Crippen molar-refractivity contribution in [1.29, 1.82) is 0 Å². The number of rotatable bonds is 5. The van der Waals surface area contributed by atoms with Crippen LogP contribution in [0.15, 0.2) is 67.0 Å². The van der Waals surface area contributed by atoms with E-state index >= 15 is 0 Å². The van der Waals surface area contributed by atoms with E-state index in [-0.39, 0.29) is 17.3 Å². The van der Waals surface area contributed by atoms with Crippen LogP contribution in [0, 0.1) is 17.0 Å². The molecule has 1 aromatic heterocycles. The highest BCUT2D eigenvalue weighted by Crippen LogP contribution is 2.36. The molecule has 0 aliphatic rings. The fourth-order valence-electron chi connectivity index (χ4n) is 3.07. The average Bonchev–Trinajstić information content (AvgIpc) is 2.72.